The van der Waals surface area contributed by atoms with Gasteiger partial charge in [0.1, 0.15) is 11.4 Å². The maximum absolute atomic E-state index is 12.8. The van der Waals surface area contributed by atoms with Crippen LogP contribution in [0.2, 0.25) is 0 Å². The van der Waals surface area contributed by atoms with Crippen molar-refractivity contribution in [1.82, 2.24) is 9.88 Å². The van der Waals surface area contributed by atoms with Crippen LogP contribution in [-0.4, -0.2) is 34.7 Å². The van der Waals surface area contributed by atoms with Gasteiger partial charge in [0.2, 0.25) is 0 Å². The molecule has 2 aromatic rings. The van der Waals surface area contributed by atoms with Gasteiger partial charge in [0.15, 0.2) is 0 Å². The predicted octanol–water partition coefficient (Wildman–Crippen LogP) is 6.21. The summed E-state index contributed by atoms with van der Waals surface area (Å²) in [6.45, 7) is 12.5. The van der Waals surface area contributed by atoms with E-state index in [-0.39, 0.29) is 6.09 Å². The highest BCUT2D eigenvalue weighted by Gasteiger charge is 2.27. The maximum atomic E-state index is 12.8. The number of carbonyl (C=O) groups excluding carboxylic acids is 1. The predicted molar refractivity (Wildman–Crippen MR) is 126 cm³/mol. The summed E-state index contributed by atoms with van der Waals surface area (Å²) in [5.74, 6) is 0.964. The maximum Gasteiger partial charge on any atom is 0.416 e. The Labute approximate surface area is 187 Å². The standard InChI is InChI=1S/C26H37N3O2/c1-20(2)18-29(25(30)31-26(3,4)5)24-15-14-22(17-27-24)23-13-9-10-16-28(23)19-21-11-7-6-8-12-21/h6-8,11-12,14-15,17,20,23H,9-10,13,16,18-19H2,1-5H3/t23-/m0/s1. The molecule has 0 bridgehead atoms. The summed E-state index contributed by atoms with van der Waals surface area (Å²) in [4.78, 5) is 21.7. The van der Waals surface area contributed by atoms with Gasteiger partial charge in [-0.25, -0.2) is 9.78 Å². The van der Waals surface area contributed by atoms with Crippen molar-refractivity contribution in [3.8, 4) is 0 Å². The SMILES string of the molecule is CC(C)CN(C(=O)OC(C)(C)C)c1ccc([C@@H]2CCCCN2Cc2ccccc2)cn1. The Morgan fingerprint density at radius 3 is 2.52 bits per heavy atom. The Kier molecular flexibility index (Phi) is 7.71. The van der Waals surface area contributed by atoms with E-state index in [4.69, 9.17) is 9.72 Å². The first-order valence-corrected chi connectivity index (χ1v) is 11.5. The number of carbonyl (C=O) groups is 1. The molecule has 1 saturated heterocycles. The van der Waals surface area contributed by atoms with E-state index < -0.39 is 5.60 Å². The van der Waals surface area contributed by atoms with E-state index in [0.29, 0.717) is 24.3 Å². The monoisotopic (exact) mass is 423 g/mol. The number of ether oxygens (including phenoxy) is 1. The van der Waals surface area contributed by atoms with Crippen LogP contribution >= 0.6 is 0 Å². The molecular weight excluding hydrogens is 386 g/mol. The molecule has 0 aliphatic carbocycles. The number of amides is 1. The van der Waals surface area contributed by atoms with Crippen molar-refractivity contribution in [3.63, 3.8) is 0 Å². The van der Waals surface area contributed by atoms with Crippen LogP contribution < -0.4 is 4.90 Å². The van der Waals surface area contributed by atoms with Gasteiger partial charge in [-0.05, 0) is 63.3 Å². The molecule has 1 amide bonds. The number of pyridine rings is 1. The Balaban J connectivity index is 1.77. The average molecular weight is 424 g/mol. The van der Waals surface area contributed by atoms with Gasteiger partial charge in [-0.15, -0.1) is 0 Å². The summed E-state index contributed by atoms with van der Waals surface area (Å²) in [7, 11) is 0. The number of aromatic nitrogens is 1. The quantitative estimate of drug-likeness (QED) is 0.554. The molecule has 2 heterocycles. The average Bonchev–Trinajstić information content (AvgIpc) is 2.72. The third-order valence-electron chi connectivity index (χ3n) is 5.44. The van der Waals surface area contributed by atoms with Crippen molar-refractivity contribution < 1.29 is 9.53 Å². The molecule has 1 aromatic heterocycles. The molecule has 3 rings (SSSR count). The van der Waals surface area contributed by atoms with Gasteiger partial charge in [-0.1, -0.05) is 56.7 Å². The number of benzene rings is 1. The lowest BCUT2D eigenvalue weighted by Gasteiger charge is -2.36. The topological polar surface area (TPSA) is 45.7 Å². The van der Waals surface area contributed by atoms with Crippen molar-refractivity contribution in [2.24, 2.45) is 5.92 Å². The fraction of sp³-hybridized carbons (Fsp3) is 0.538. The Morgan fingerprint density at radius 2 is 1.90 bits per heavy atom. The zero-order valence-corrected chi connectivity index (χ0v) is 19.7. The Bertz CT molecular complexity index is 828. The molecule has 1 atom stereocenters. The van der Waals surface area contributed by atoms with E-state index in [1.165, 1.54) is 24.0 Å². The molecule has 0 radical (unpaired) electrons. The van der Waals surface area contributed by atoms with Crippen molar-refractivity contribution in [3.05, 3.63) is 59.8 Å². The van der Waals surface area contributed by atoms with E-state index >= 15 is 0 Å². The summed E-state index contributed by atoms with van der Waals surface area (Å²) < 4.78 is 5.62. The van der Waals surface area contributed by atoms with Crippen LogP contribution in [0.4, 0.5) is 10.6 Å². The number of hydrogen-bond acceptors (Lipinski definition) is 4. The van der Waals surface area contributed by atoms with Gasteiger partial charge >= 0.3 is 6.09 Å². The second-order valence-corrected chi connectivity index (χ2v) is 9.90. The zero-order chi connectivity index (χ0) is 22.4. The fourth-order valence-electron chi connectivity index (χ4n) is 4.07. The van der Waals surface area contributed by atoms with Gasteiger partial charge in [0.05, 0.1) is 0 Å². The van der Waals surface area contributed by atoms with Crippen LogP contribution in [0, 0.1) is 5.92 Å². The number of anilines is 1. The van der Waals surface area contributed by atoms with Gasteiger partial charge < -0.3 is 4.74 Å². The van der Waals surface area contributed by atoms with Crippen molar-refractivity contribution in [2.45, 2.75) is 72.1 Å². The van der Waals surface area contributed by atoms with Crippen LogP contribution in [0.3, 0.4) is 0 Å². The van der Waals surface area contributed by atoms with Gasteiger partial charge in [0, 0.05) is 25.3 Å². The lowest BCUT2D eigenvalue weighted by molar-refractivity contribution is 0.0575. The molecule has 0 spiro atoms. The van der Waals surface area contributed by atoms with E-state index in [0.717, 1.165) is 19.5 Å². The summed E-state index contributed by atoms with van der Waals surface area (Å²) in [5.41, 5.74) is 2.02. The molecule has 1 aliphatic heterocycles. The van der Waals surface area contributed by atoms with Crippen molar-refractivity contribution in [1.29, 1.82) is 0 Å². The van der Waals surface area contributed by atoms with Gasteiger partial charge in [-0.3, -0.25) is 9.80 Å². The first kappa shape index (κ1) is 23.3. The first-order valence-electron chi connectivity index (χ1n) is 11.5. The minimum absolute atomic E-state index is 0.314. The number of likely N-dealkylation sites (tertiary alicyclic amines) is 1. The van der Waals surface area contributed by atoms with Crippen LogP contribution in [0.5, 0.6) is 0 Å². The van der Waals surface area contributed by atoms with E-state index in [2.05, 4.69) is 55.1 Å². The smallest absolute Gasteiger partial charge is 0.416 e. The number of rotatable bonds is 6. The van der Waals surface area contributed by atoms with Gasteiger partial charge in [0.25, 0.3) is 0 Å². The van der Waals surface area contributed by atoms with Crippen LogP contribution in [0.15, 0.2) is 48.7 Å². The number of piperidine rings is 1. The minimum atomic E-state index is -0.535. The summed E-state index contributed by atoms with van der Waals surface area (Å²) >= 11 is 0. The largest absolute Gasteiger partial charge is 0.443 e. The lowest BCUT2D eigenvalue weighted by Crippen LogP contribution is -2.39. The highest BCUT2D eigenvalue weighted by Crippen LogP contribution is 2.32. The molecule has 1 aromatic carbocycles. The van der Waals surface area contributed by atoms with Crippen LogP contribution in [-0.2, 0) is 11.3 Å². The molecule has 1 aliphatic rings. The van der Waals surface area contributed by atoms with Crippen molar-refractivity contribution in [2.75, 3.05) is 18.0 Å². The zero-order valence-electron chi connectivity index (χ0n) is 19.7. The Hall–Kier alpha value is -2.40. The van der Waals surface area contributed by atoms with Crippen LogP contribution in [0.25, 0.3) is 0 Å². The lowest BCUT2D eigenvalue weighted by atomic mass is 9.95. The van der Waals surface area contributed by atoms with E-state index in [1.54, 1.807) is 4.90 Å². The molecular formula is C26H37N3O2. The molecule has 5 nitrogen and oxygen atoms in total. The van der Waals surface area contributed by atoms with E-state index in [1.807, 2.05) is 33.0 Å². The van der Waals surface area contributed by atoms with Crippen molar-refractivity contribution >= 4 is 11.9 Å². The summed E-state index contributed by atoms with van der Waals surface area (Å²) in [5, 5.41) is 0. The minimum Gasteiger partial charge on any atom is -0.443 e. The highest BCUT2D eigenvalue weighted by molar-refractivity contribution is 5.86. The third kappa shape index (κ3) is 6.79. The number of hydrogen-bond donors (Lipinski definition) is 0. The van der Waals surface area contributed by atoms with Crippen LogP contribution in [0.1, 0.15) is 71.0 Å². The third-order valence-corrected chi connectivity index (χ3v) is 5.44. The summed E-state index contributed by atoms with van der Waals surface area (Å²) in [6, 6.07) is 15.1. The molecule has 0 N–H and O–H groups in total. The second-order valence-electron chi connectivity index (χ2n) is 9.90. The van der Waals surface area contributed by atoms with E-state index in [9.17, 15) is 4.79 Å². The number of nitrogens with zero attached hydrogens (tertiary/aromatic N) is 3. The summed E-state index contributed by atoms with van der Waals surface area (Å²) in [6.07, 6.45) is 5.20. The molecule has 0 unspecified atom stereocenters. The molecule has 1 fully saturated rings. The first-order chi connectivity index (χ1) is 14.7. The second kappa shape index (κ2) is 10.3. The highest BCUT2D eigenvalue weighted by atomic mass is 16.6. The fourth-order valence-corrected chi connectivity index (χ4v) is 4.07. The molecule has 0 saturated carbocycles. The molecule has 31 heavy (non-hydrogen) atoms. The Morgan fingerprint density at radius 1 is 1.16 bits per heavy atom. The van der Waals surface area contributed by atoms with Gasteiger partial charge in [-0.2, -0.15) is 0 Å². The molecule has 5 heteroatoms. The molecule has 168 valence electrons. The normalized spacial score (nSPS) is 17.5.